The molecule has 0 atom stereocenters. The van der Waals surface area contributed by atoms with Gasteiger partial charge in [-0.1, -0.05) is 41.9 Å². The van der Waals surface area contributed by atoms with Crippen LogP contribution in [0.25, 0.3) is 0 Å². The van der Waals surface area contributed by atoms with Crippen molar-refractivity contribution < 1.29 is 14.3 Å². The van der Waals surface area contributed by atoms with Crippen molar-refractivity contribution in [2.75, 3.05) is 25.1 Å². The lowest BCUT2D eigenvalue weighted by atomic mass is 10.1. The van der Waals surface area contributed by atoms with Crippen molar-refractivity contribution >= 4 is 29.1 Å². The quantitative estimate of drug-likeness (QED) is 0.749. The summed E-state index contributed by atoms with van der Waals surface area (Å²) in [7, 11) is 1.54. The zero-order valence-corrected chi connectivity index (χ0v) is 16.7. The Kier molecular flexibility index (Phi) is 7.67. The summed E-state index contributed by atoms with van der Waals surface area (Å²) in [6.07, 6.45) is 1.10. The van der Waals surface area contributed by atoms with Crippen LogP contribution in [-0.4, -0.2) is 32.0 Å². The average Bonchev–Trinajstić information content (AvgIpc) is 2.66. The molecule has 0 fully saturated rings. The molecule has 6 heteroatoms. The maximum absolute atomic E-state index is 12.1. The molecule has 27 heavy (non-hydrogen) atoms. The Bertz CT molecular complexity index is 794. The Balaban J connectivity index is 1.94. The predicted molar refractivity (Wildman–Crippen MR) is 109 cm³/mol. The summed E-state index contributed by atoms with van der Waals surface area (Å²) in [5, 5.41) is 3.45. The summed E-state index contributed by atoms with van der Waals surface area (Å²) in [6.45, 7) is 4.07. The minimum absolute atomic E-state index is 0.0402. The molecule has 2 amide bonds. The van der Waals surface area contributed by atoms with Gasteiger partial charge in [-0.3, -0.25) is 9.59 Å². The predicted octanol–water partition coefficient (Wildman–Crippen LogP) is 3.76. The summed E-state index contributed by atoms with van der Waals surface area (Å²) in [4.78, 5) is 25.8. The van der Waals surface area contributed by atoms with E-state index in [0.717, 1.165) is 11.1 Å². The first-order valence-corrected chi connectivity index (χ1v) is 9.23. The number of ether oxygens (including phenoxy) is 1. The number of benzene rings is 2. The number of amides is 2. The summed E-state index contributed by atoms with van der Waals surface area (Å²) in [5.41, 5.74) is 2.62. The van der Waals surface area contributed by atoms with Crippen molar-refractivity contribution in [3.63, 3.8) is 0 Å². The highest BCUT2D eigenvalue weighted by molar-refractivity contribution is 6.31. The molecule has 0 aliphatic heterocycles. The van der Waals surface area contributed by atoms with Gasteiger partial charge in [0, 0.05) is 37.5 Å². The van der Waals surface area contributed by atoms with E-state index in [1.165, 1.54) is 14.0 Å². The molecule has 144 valence electrons. The molecule has 0 spiro atoms. The van der Waals surface area contributed by atoms with Crippen molar-refractivity contribution in [3.05, 3.63) is 58.6 Å². The molecule has 0 aliphatic carbocycles. The highest BCUT2D eigenvalue weighted by Crippen LogP contribution is 2.33. The number of methoxy groups -OCH3 is 1. The van der Waals surface area contributed by atoms with E-state index in [1.54, 1.807) is 11.0 Å². The number of nitrogens with zero attached hydrogens (tertiary/aromatic N) is 1. The zero-order chi connectivity index (χ0) is 19.8. The smallest absolute Gasteiger partial charge is 0.224 e. The van der Waals surface area contributed by atoms with Gasteiger partial charge in [0.15, 0.2) is 0 Å². The van der Waals surface area contributed by atoms with Crippen LogP contribution < -0.4 is 15.0 Å². The number of rotatable bonds is 8. The van der Waals surface area contributed by atoms with Gasteiger partial charge < -0.3 is 15.0 Å². The van der Waals surface area contributed by atoms with E-state index in [9.17, 15) is 9.59 Å². The maximum Gasteiger partial charge on any atom is 0.224 e. The SMILES string of the molecule is COc1cc(Cl)c(C)cc1N(CCNC(=O)CCc1ccccc1)C(C)=O. The molecule has 0 saturated carbocycles. The fraction of sp³-hybridized carbons (Fsp3) is 0.333. The van der Waals surface area contributed by atoms with Crippen LogP contribution in [-0.2, 0) is 16.0 Å². The minimum atomic E-state index is -0.131. The molecule has 0 unspecified atom stereocenters. The van der Waals surface area contributed by atoms with Gasteiger partial charge in [-0.05, 0) is 30.5 Å². The van der Waals surface area contributed by atoms with Crippen LogP contribution in [0.4, 0.5) is 5.69 Å². The molecule has 2 aromatic carbocycles. The second-order valence-electron chi connectivity index (χ2n) is 6.28. The van der Waals surface area contributed by atoms with E-state index < -0.39 is 0 Å². The van der Waals surface area contributed by atoms with Crippen LogP contribution in [0.5, 0.6) is 5.75 Å². The molecule has 5 nitrogen and oxygen atoms in total. The number of carbonyl (C=O) groups excluding carboxylic acids is 2. The van der Waals surface area contributed by atoms with Gasteiger partial charge in [0.2, 0.25) is 11.8 Å². The van der Waals surface area contributed by atoms with Gasteiger partial charge in [-0.25, -0.2) is 0 Å². The van der Waals surface area contributed by atoms with Crippen LogP contribution in [0.2, 0.25) is 5.02 Å². The number of halogens is 1. The molecule has 1 N–H and O–H groups in total. The zero-order valence-electron chi connectivity index (χ0n) is 15.9. The molecule has 0 bridgehead atoms. The summed E-state index contributed by atoms with van der Waals surface area (Å²) >= 11 is 6.14. The molecular weight excluding hydrogens is 364 g/mol. The minimum Gasteiger partial charge on any atom is -0.495 e. The van der Waals surface area contributed by atoms with Gasteiger partial charge in [-0.2, -0.15) is 0 Å². The van der Waals surface area contributed by atoms with Crippen molar-refractivity contribution in [3.8, 4) is 5.75 Å². The summed E-state index contributed by atoms with van der Waals surface area (Å²) < 4.78 is 5.36. The van der Waals surface area contributed by atoms with Crippen LogP contribution in [0, 0.1) is 6.92 Å². The highest BCUT2D eigenvalue weighted by Gasteiger charge is 2.18. The van der Waals surface area contributed by atoms with Crippen LogP contribution >= 0.6 is 11.6 Å². The standard InChI is InChI=1S/C21H25ClN2O3/c1-15-13-19(20(27-3)14-18(15)22)24(16(2)25)12-11-23-21(26)10-9-17-7-5-4-6-8-17/h4-8,13-14H,9-12H2,1-3H3,(H,23,26). The van der Waals surface area contributed by atoms with Crippen molar-refractivity contribution in [1.82, 2.24) is 5.32 Å². The van der Waals surface area contributed by atoms with Gasteiger partial charge in [0.05, 0.1) is 12.8 Å². The number of anilines is 1. The van der Waals surface area contributed by atoms with E-state index in [0.29, 0.717) is 42.4 Å². The fourth-order valence-corrected chi connectivity index (χ4v) is 2.92. The largest absolute Gasteiger partial charge is 0.495 e. The second kappa shape index (κ2) is 9.97. The summed E-state index contributed by atoms with van der Waals surface area (Å²) in [5.74, 6) is 0.353. The van der Waals surface area contributed by atoms with Gasteiger partial charge in [0.1, 0.15) is 5.75 Å². The molecule has 2 aromatic rings. The van der Waals surface area contributed by atoms with Crippen LogP contribution in [0.3, 0.4) is 0 Å². The molecule has 2 rings (SSSR count). The van der Waals surface area contributed by atoms with E-state index >= 15 is 0 Å². The van der Waals surface area contributed by atoms with E-state index in [-0.39, 0.29) is 11.8 Å². The Labute approximate surface area is 165 Å². The monoisotopic (exact) mass is 388 g/mol. The first kappa shape index (κ1) is 20.8. The Morgan fingerprint density at radius 2 is 1.89 bits per heavy atom. The Morgan fingerprint density at radius 1 is 1.19 bits per heavy atom. The molecule has 0 heterocycles. The van der Waals surface area contributed by atoms with E-state index in [2.05, 4.69) is 5.32 Å². The summed E-state index contributed by atoms with van der Waals surface area (Å²) in [6, 6.07) is 13.4. The van der Waals surface area contributed by atoms with E-state index in [4.69, 9.17) is 16.3 Å². The van der Waals surface area contributed by atoms with Crippen LogP contribution in [0.1, 0.15) is 24.5 Å². The van der Waals surface area contributed by atoms with Crippen molar-refractivity contribution in [2.45, 2.75) is 26.7 Å². The Morgan fingerprint density at radius 3 is 2.52 bits per heavy atom. The molecule has 0 aliphatic rings. The number of carbonyl (C=O) groups is 2. The lowest BCUT2D eigenvalue weighted by Gasteiger charge is -2.24. The first-order chi connectivity index (χ1) is 12.9. The number of nitrogens with one attached hydrogen (secondary N) is 1. The third kappa shape index (κ3) is 6.00. The molecular formula is C21H25ClN2O3. The average molecular weight is 389 g/mol. The number of hydrogen-bond acceptors (Lipinski definition) is 3. The first-order valence-electron chi connectivity index (χ1n) is 8.85. The van der Waals surface area contributed by atoms with E-state index in [1.807, 2.05) is 43.3 Å². The molecule has 0 saturated heterocycles. The fourth-order valence-electron chi connectivity index (χ4n) is 2.77. The maximum atomic E-state index is 12.1. The van der Waals surface area contributed by atoms with Crippen molar-refractivity contribution in [2.24, 2.45) is 0 Å². The van der Waals surface area contributed by atoms with Gasteiger partial charge in [-0.15, -0.1) is 0 Å². The lowest BCUT2D eigenvalue weighted by molar-refractivity contribution is -0.121. The molecule has 0 radical (unpaired) electrons. The molecule has 0 aromatic heterocycles. The number of aryl methyl sites for hydroxylation is 2. The topological polar surface area (TPSA) is 58.6 Å². The van der Waals surface area contributed by atoms with Crippen molar-refractivity contribution in [1.29, 1.82) is 0 Å². The lowest BCUT2D eigenvalue weighted by Crippen LogP contribution is -2.37. The Hall–Kier alpha value is -2.53. The van der Waals surface area contributed by atoms with Gasteiger partial charge >= 0.3 is 0 Å². The second-order valence-corrected chi connectivity index (χ2v) is 6.69. The normalized spacial score (nSPS) is 10.4. The van der Waals surface area contributed by atoms with Crippen LogP contribution in [0.15, 0.2) is 42.5 Å². The van der Waals surface area contributed by atoms with Gasteiger partial charge in [0.25, 0.3) is 0 Å². The highest BCUT2D eigenvalue weighted by atomic mass is 35.5. The third-order valence-corrected chi connectivity index (χ3v) is 4.68. The number of hydrogen-bond donors (Lipinski definition) is 1. The third-order valence-electron chi connectivity index (χ3n) is 4.27.